The molecule has 0 radical (unpaired) electrons. The molecule has 2 aliphatic rings. The van der Waals surface area contributed by atoms with E-state index in [1.54, 1.807) is 43.9 Å². The van der Waals surface area contributed by atoms with E-state index in [2.05, 4.69) is 10.2 Å². The van der Waals surface area contributed by atoms with E-state index in [1.165, 1.54) is 0 Å². The lowest BCUT2D eigenvalue weighted by Gasteiger charge is -2.44. The number of carbonyl (C=O) groups excluding carboxylic acids is 3. The summed E-state index contributed by atoms with van der Waals surface area (Å²) < 4.78 is 10.8. The highest BCUT2D eigenvalue weighted by atomic mass is 35.5. The Morgan fingerprint density at radius 3 is 2.38 bits per heavy atom. The molecule has 3 atom stereocenters. The number of alkyl carbamates (subject to hydrolysis) is 1. The summed E-state index contributed by atoms with van der Waals surface area (Å²) in [5, 5.41) is 3.68. The number of nitrogens with one attached hydrogen (secondary N) is 1. The molecule has 1 unspecified atom stereocenters. The van der Waals surface area contributed by atoms with Gasteiger partial charge in [0.15, 0.2) is 0 Å². The van der Waals surface area contributed by atoms with Gasteiger partial charge in [0.25, 0.3) is 0 Å². The summed E-state index contributed by atoms with van der Waals surface area (Å²) in [4.78, 5) is 42.8. The van der Waals surface area contributed by atoms with E-state index in [-0.39, 0.29) is 30.3 Å². The lowest BCUT2D eigenvalue weighted by atomic mass is 9.83. The maximum Gasteiger partial charge on any atom is 0.408 e. The molecule has 1 aromatic rings. The average Bonchev–Trinajstić information content (AvgIpc) is 2.84. The van der Waals surface area contributed by atoms with E-state index in [0.29, 0.717) is 48.4 Å². The maximum absolute atomic E-state index is 13.6. The Labute approximate surface area is 229 Å². The lowest BCUT2D eigenvalue weighted by Crippen LogP contribution is -2.58. The molecule has 1 aliphatic heterocycles. The lowest BCUT2D eigenvalue weighted by molar-refractivity contribution is -0.153. The van der Waals surface area contributed by atoms with E-state index in [0.717, 1.165) is 25.7 Å². The van der Waals surface area contributed by atoms with Crippen molar-refractivity contribution in [2.24, 2.45) is 5.92 Å². The number of hydrogen-bond acceptors (Lipinski definition) is 6. The van der Waals surface area contributed by atoms with E-state index < -0.39 is 17.7 Å². The summed E-state index contributed by atoms with van der Waals surface area (Å²) in [6.07, 6.45) is 3.46. The quantitative estimate of drug-likeness (QED) is 0.491. The highest BCUT2D eigenvalue weighted by molar-refractivity contribution is 6.35. The Balaban J connectivity index is 1.69. The number of piperazine rings is 1. The van der Waals surface area contributed by atoms with Crippen molar-refractivity contribution in [1.82, 2.24) is 15.1 Å². The molecule has 1 saturated carbocycles. The molecular weight excluding hydrogens is 517 g/mol. The predicted molar refractivity (Wildman–Crippen MR) is 144 cm³/mol. The third kappa shape index (κ3) is 8.48. The fourth-order valence-electron chi connectivity index (χ4n) is 5.12. The zero-order valence-corrected chi connectivity index (χ0v) is 23.7. The summed E-state index contributed by atoms with van der Waals surface area (Å²) in [6, 6.07) is 4.38. The molecular formula is C27H39Cl2N3O5. The van der Waals surface area contributed by atoms with Crippen molar-refractivity contribution in [1.29, 1.82) is 0 Å². The fourth-order valence-corrected chi connectivity index (χ4v) is 5.61. The molecule has 2 amide bonds. The van der Waals surface area contributed by atoms with Crippen LogP contribution in [0.1, 0.15) is 58.9 Å². The first-order valence-electron chi connectivity index (χ1n) is 13.1. The zero-order chi connectivity index (χ0) is 27.2. The van der Waals surface area contributed by atoms with Crippen LogP contribution < -0.4 is 5.32 Å². The van der Waals surface area contributed by atoms with Crippen LogP contribution in [-0.4, -0.2) is 78.2 Å². The molecule has 3 rings (SSSR count). The van der Waals surface area contributed by atoms with Crippen molar-refractivity contribution in [3.05, 3.63) is 33.8 Å². The normalized spacial score (nSPS) is 21.7. The van der Waals surface area contributed by atoms with E-state index in [9.17, 15) is 14.4 Å². The van der Waals surface area contributed by atoms with Crippen molar-refractivity contribution in [3.63, 3.8) is 0 Å². The molecule has 1 aliphatic carbocycles. The number of hydrogen-bond donors (Lipinski definition) is 1. The van der Waals surface area contributed by atoms with E-state index in [4.69, 9.17) is 32.7 Å². The Morgan fingerprint density at radius 2 is 1.76 bits per heavy atom. The van der Waals surface area contributed by atoms with Gasteiger partial charge in [-0.25, -0.2) is 4.79 Å². The van der Waals surface area contributed by atoms with Gasteiger partial charge in [-0.15, -0.1) is 0 Å². The van der Waals surface area contributed by atoms with Gasteiger partial charge < -0.3 is 19.7 Å². The second-order valence-corrected chi connectivity index (χ2v) is 11.6. The predicted octanol–water partition coefficient (Wildman–Crippen LogP) is 4.70. The van der Waals surface area contributed by atoms with Gasteiger partial charge >= 0.3 is 12.1 Å². The van der Waals surface area contributed by atoms with Crippen molar-refractivity contribution in [2.45, 2.75) is 77.5 Å². The van der Waals surface area contributed by atoms with Gasteiger partial charge in [-0.05, 0) is 58.2 Å². The summed E-state index contributed by atoms with van der Waals surface area (Å²) in [5.41, 5.74) is 0.00930. The standard InChI is InChI=1S/C27H39Cl2N3O5/c1-5-36-25(34)20-8-6-7-9-23(20)31-12-14-32(15-13-31)24(33)22(30-26(35)37-27(2,3)4)16-18-10-11-19(28)17-21(18)29/h10-11,17,20,22-23H,5-9,12-16H2,1-4H3,(H,30,35)/t20-,22?,23-/m0/s1. The molecule has 0 aromatic heterocycles. The third-order valence-corrected chi connectivity index (χ3v) is 7.43. The molecule has 0 bridgehead atoms. The molecule has 10 heteroatoms. The SMILES string of the molecule is CCOC(=O)[C@H]1CCCC[C@@H]1N1CCN(C(=O)C(Cc2ccc(Cl)cc2Cl)NC(=O)OC(C)(C)C)CC1. The molecule has 2 fully saturated rings. The first-order chi connectivity index (χ1) is 17.5. The second-order valence-electron chi connectivity index (χ2n) is 10.7. The van der Waals surface area contributed by atoms with Crippen LogP contribution in [0.4, 0.5) is 4.79 Å². The minimum atomic E-state index is -0.845. The van der Waals surface area contributed by atoms with Crippen molar-refractivity contribution in [3.8, 4) is 0 Å². The van der Waals surface area contributed by atoms with Gasteiger partial charge in [0.05, 0.1) is 12.5 Å². The number of carbonyl (C=O) groups is 3. The zero-order valence-electron chi connectivity index (χ0n) is 22.2. The van der Waals surface area contributed by atoms with Gasteiger partial charge in [-0.3, -0.25) is 14.5 Å². The highest BCUT2D eigenvalue weighted by Crippen LogP contribution is 2.30. The average molecular weight is 557 g/mol. The first kappa shape index (κ1) is 29.5. The smallest absolute Gasteiger partial charge is 0.408 e. The van der Waals surface area contributed by atoms with Gasteiger partial charge in [0.2, 0.25) is 5.91 Å². The summed E-state index contributed by atoms with van der Waals surface area (Å²) in [7, 11) is 0. The topological polar surface area (TPSA) is 88.2 Å². The van der Waals surface area contributed by atoms with Crippen molar-refractivity contribution >= 4 is 41.2 Å². The summed E-state index contributed by atoms with van der Waals surface area (Å²) in [5.74, 6) is -0.432. The first-order valence-corrected chi connectivity index (χ1v) is 13.9. The number of amides is 2. The molecule has 1 N–H and O–H groups in total. The molecule has 1 saturated heterocycles. The molecule has 1 heterocycles. The monoisotopic (exact) mass is 555 g/mol. The Hall–Kier alpha value is -2.03. The van der Waals surface area contributed by atoms with E-state index in [1.807, 2.05) is 6.92 Å². The molecule has 206 valence electrons. The summed E-state index contributed by atoms with van der Waals surface area (Å²) >= 11 is 12.4. The Bertz CT molecular complexity index is 960. The number of halogens is 2. The van der Waals surface area contributed by atoms with Crippen LogP contribution in [-0.2, 0) is 25.5 Å². The third-order valence-electron chi connectivity index (χ3n) is 6.84. The second kappa shape index (κ2) is 13.2. The van der Waals surface area contributed by atoms with Gasteiger partial charge in [-0.2, -0.15) is 0 Å². The van der Waals surface area contributed by atoms with Crippen LogP contribution in [0.5, 0.6) is 0 Å². The van der Waals surface area contributed by atoms with Crippen molar-refractivity contribution in [2.75, 3.05) is 32.8 Å². The van der Waals surface area contributed by atoms with Crippen LogP contribution in [0.3, 0.4) is 0 Å². The molecule has 1 aromatic carbocycles. The van der Waals surface area contributed by atoms with E-state index >= 15 is 0 Å². The van der Waals surface area contributed by atoms with Gasteiger partial charge in [0.1, 0.15) is 11.6 Å². The number of esters is 1. The minimum absolute atomic E-state index is 0.118. The number of ether oxygens (including phenoxy) is 2. The number of rotatable bonds is 7. The Kier molecular flexibility index (Phi) is 10.5. The fraction of sp³-hybridized carbons (Fsp3) is 0.667. The van der Waals surface area contributed by atoms with Crippen LogP contribution in [0.2, 0.25) is 10.0 Å². The molecule has 37 heavy (non-hydrogen) atoms. The van der Waals surface area contributed by atoms with Gasteiger partial charge in [-0.1, -0.05) is 42.1 Å². The maximum atomic E-state index is 13.6. The number of benzene rings is 1. The molecule has 0 spiro atoms. The largest absolute Gasteiger partial charge is 0.466 e. The summed E-state index contributed by atoms with van der Waals surface area (Å²) in [6.45, 7) is 9.86. The van der Waals surface area contributed by atoms with Gasteiger partial charge in [0, 0.05) is 48.7 Å². The van der Waals surface area contributed by atoms with Crippen LogP contribution in [0.15, 0.2) is 18.2 Å². The Morgan fingerprint density at radius 1 is 1.08 bits per heavy atom. The molecule has 8 nitrogen and oxygen atoms in total. The van der Waals surface area contributed by atoms with Crippen LogP contribution >= 0.6 is 23.2 Å². The minimum Gasteiger partial charge on any atom is -0.466 e. The highest BCUT2D eigenvalue weighted by Gasteiger charge is 2.38. The number of nitrogens with zero attached hydrogens (tertiary/aromatic N) is 2. The van der Waals surface area contributed by atoms with Crippen LogP contribution in [0.25, 0.3) is 0 Å². The van der Waals surface area contributed by atoms with Crippen LogP contribution in [0, 0.1) is 5.92 Å². The van der Waals surface area contributed by atoms with Crippen molar-refractivity contribution < 1.29 is 23.9 Å².